The molecule has 0 radical (unpaired) electrons. The van der Waals surface area contributed by atoms with E-state index in [1.54, 1.807) is 6.07 Å². The van der Waals surface area contributed by atoms with Gasteiger partial charge < -0.3 is 9.13 Å². The Morgan fingerprint density at radius 2 is 1.12 bits per heavy atom. The summed E-state index contributed by atoms with van der Waals surface area (Å²) in [5.74, 6) is 0. The smallest absolute Gasteiger partial charge is 0.101 e. The lowest BCUT2D eigenvalue weighted by molar-refractivity contribution is 1.09. The second kappa shape index (κ2) is 8.81. The van der Waals surface area contributed by atoms with E-state index < -0.39 is 0 Å². The average Bonchev–Trinajstić information content (AvgIpc) is 3.72. The van der Waals surface area contributed by atoms with Gasteiger partial charge in [0.1, 0.15) is 6.07 Å². The van der Waals surface area contributed by atoms with Gasteiger partial charge in [-0.05, 0) is 42.5 Å². The Bertz CT molecular complexity index is 2650. The lowest BCUT2D eigenvalue weighted by Crippen LogP contribution is -2.07. The molecule has 3 aromatic heterocycles. The van der Waals surface area contributed by atoms with Gasteiger partial charge in [0, 0.05) is 41.7 Å². The molecule has 4 nitrogen and oxygen atoms in total. The maximum Gasteiger partial charge on any atom is 0.101 e. The molecular formula is C38H20N4S. The first kappa shape index (κ1) is 23.8. The van der Waals surface area contributed by atoms with Crippen molar-refractivity contribution in [3.05, 3.63) is 132 Å². The molecule has 0 saturated heterocycles. The molecule has 6 aromatic carbocycles. The molecular weight excluding hydrogens is 545 g/mol. The normalized spacial score (nSPS) is 11.7. The Hall–Kier alpha value is -5.88. The molecule has 5 heteroatoms. The van der Waals surface area contributed by atoms with Crippen molar-refractivity contribution in [2.24, 2.45) is 0 Å². The van der Waals surface area contributed by atoms with Gasteiger partial charge >= 0.3 is 0 Å². The number of nitrogens with zero attached hydrogens (tertiary/aromatic N) is 4. The van der Waals surface area contributed by atoms with Gasteiger partial charge in [-0.2, -0.15) is 10.5 Å². The fourth-order valence-electron chi connectivity index (χ4n) is 6.83. The Labute approximate surface area is 250 Å². The number of hydrogen-bond acceptors (Lipinski definition) is 3. The first-order chi connectivity index (χ1) is 21.3. The second-order valence-corrected chi connectivity index (χ2v) is 11.8. The number of nitriles is 2. The third-order valence-corrected chi connectivity index (χ3v) is 9.77. The highest BCUT2D eigenvalue weighted by atomic mass is 32.1. The highest BCUT2D eigenvalue weighted by Crippen LogP contribution is 2.45. The van der Waals surface area contributed by atoms with Crippen LogP contribution in [0, 0.1) is 22.7 Å². The maximum absolute atomic E-state index is 10.6. The molecule has 0 unspecified atom stereocenters. The minimum atomic E-state index is 0.449. The third-order valence-electron chi connectivity index (χ3n) is 8.56. The largest absolute Gasteiger partial charge is 0.307 e. The summed E-state index contributed by atoms with van der Waals surface area (Å²) in [5.41, 5.74) is 6.56. The summed E-state index contributed by atoms with van der Waals surface area (Å²) in [7, 11) is 0. The van der Waals surface area contributed by atoms with Crippen molar-refractivity contribution < 1.29 is 0 Å². The third kappa shape index (κ3) is 3.17. The monoisotopic (exact) mass is 564 g/mol. The van der Waals surface area contributed by atoms with E-state index in [0.717, 1.165) is 49.6 Å². The quantitative estimate of drug-likeness (QED) is 0.210. The van der Waals surface area contributed by atoms with Gasteiger partial charge in [-0.15, -0.1) is 11.3 Å². The van der Waals surface area contributed by atoms with Crippen LogP contribution in [0.15, 0.2) is 121 Å². The summed E-state index contributed by atoms with van der Waals surface area (Å²) >= 11 is 1.81. The molecule has 0 N–H and O–H groups in total. The van der Waals surface area contributed by atoms with Crippen molar-refractivity contribution >= 4 is 75.1 Å². The van der Waals surface area contributed by atoms with Crippen LogP contribution in [0.25, 0.3) is 75.2 Å². The van der Waals surface area contributed by atoms with Crippen LogP contribution in [-0.2, 0) is 0 Å². The van der Waals surface area contributed by atoms with Crippen LogP contribution >= 0.6 is 11.3 Å². The van der Waals surface area contributed by atoms with Crippen LogP contribution < -0.4 is 0 Å². The van der Waals surface area contributed by atoms with Crippen molar-refractivity contribution in [3.8, 4) is 23.5 Å². The molecule has 3 heterocycles. The summed E-state index contributed by atoms with van der Waals surface area (Å²) in [6.45, 7) is 0. The molecule has 0 amide bonds. The minimum Gasteiger partial charge on any atom is -0.307 e. The maximum atomic E-state index is 10.6. The fourth-order valence-corrected chi connectivity index (χ4v) is 8.09. The second-order valence-electron chi connectivity index (χ2n) is 10.8. The lowest BCUT2D eigenvalue weighted by atomic mass is 10.1. The molecule has 0 aliphatic carbocycles. The number of fused-ring (bicyclic) bond motifs is 10. The molecule has 43 heavy (non-hydrogen) atoms. The summed E-state index contributed by atoms with van der Waals surface area (Å²) in [5, 5.41) is 27.7. The number of thiophene rings is 1. The van der Waals surface area contributed by atoms with Gasteiger partial charge in [-0.1, -0.05) is 78.9 Å². The van der Waals surface area contributed by atoms with Crippen LogP contribution in [-0.4, -0.2) is 9.13 Å². The van der Waals surface area contributed by atoms with E-state index in [-0.39, 0.29) is 0 Å². The van der Waals surface area contributed by atoms with Crippen molar-refractivity contribution in [3.63, 3.8) is 0 Å². The predicted octanol–water partition coefficient (Wildman–Crippen LogP) is 9.99. The summed E-state index contributed by atoms with van der Waals surface area (Å²) in [6.07, 6.45) is 0. The highest BCUT2D eigenvalue weighted by Gasteiger charge is 2.24. The van der Waals surface area contributed by atoms with E-state index in [2.05, 4.69) is 106 Å². The topological polar surface area (TPSA) is 57.4 Å². The van der Waals surface area contributed by atoms with E-state index in [0.29, 0.717) is 11.1 Å². The Morgan fingerprint density at radius 1 is 0.512 bits per heavy atom. The number of aromatic nitrogens is 2. The van der Waals surface area contributed by atoms with E-state index in [1.807, 2.05) is 41.7 Å². The SMILES string of the molecule is N#Cc1cc(C#N)c(-n2c3ccccc3c3ccccc32)c(-n2c3ccccc3c3c4sc5ccccc5c4ccc32)c1. The predicted molar refractivity (Wildman–Crippen MR) is 177 cm³/mol. The summed E-state index contributed by atoms with van der Waals surface area (Å²) in [6, 6.07) is 46.4. The lowest BCUT2D eigenvalue weighted by Gasteiger charge is -2.18. The molecule has 9 aromatic rings. The number of benzene rings is 6. The number of para-hydroxylation sites is 3. The fraction of sp³-hybridized carbons (Fsp3) is 0. The van der Waals surface area contributed by atoms with Crippen molar-refractivity contribution in [1.29, 1.82) is 10.5 Å². The van der Waals surface area contributed by atoms with Crippen LogP contribution in [0.2, 0.25) is 0 Å². The Balaban J connectivity index is 1.51. The molecule has 0 atom stereocenters. The Morgan fingerprint density at radius 3 is 1.79 bits per heavy atom. The average molecular weight is 565 g/mol. The van der Waals surface area contributed by atoms with Gasteiger partial charge in [0.05, 0.1) is 50.6 Å². The van der Waals surface area contributed by atoms with Crippen LogP contribution in [0.3, 0.4) is 0 Å². The molecule has 0 spiro atoms. The first-order valence-electron chi connectivity index (χ1n) is 14.1. The highest BCUT2D eigenvalue weighted by molar-refractivity contribution is 7.26. The number of rotatable bonds is 2. The van der Waals surface area contributed by atoms with E-state index >= 15 is 0 Å². The van der Waals surface area contributed by atoms with Crippen LogP contribution in [0.5, 0.6) is 0 Å². The van der Waals surface area contributed by atoms with Gasteiger partial charge in [-0.25, -0.2) is 0 Å². The van der Waals surface area contributed by atoms with Gasteiger partial charge in [-0.3, -0.25) is 0 Å². The Kier molecular flexibility index (Phi) is 4.87. The van der Waals surface area contributed by atoms with E-state index in [9.17, 15) is 10.5 Å². The molecule has 0 aliphatic heterocycles. The summed E-state index contributed by atoms with van der Waals surface area (Å²) in [4.78, 5) is 0. The molecule has 0 aliphatic rings. The molecule has 198 valence electrons. The van der Waals surface area contributed by atoms with Gasteiger partial charge in [0.25, 0.3) is 0 Å². The first-order valence-corrected chi connectivity index (χ1v) is 14.9. The molecule has 9 rings (SSSR count). The zero-order valence-electron chi connectivity index (χ0n) is 22.7. The van der Waals surface area contributed by atoms with Gasteiger partial charge in [0.2, 0.25) is 0 Å². The van der Waals surface area contributed by atoms with Crippen LogP contribution in [0.1, 0.15) is 11.1 Å². The number of hydrogen-bond donors (Lipinski definition) is 0. The zero-order chi connectivity index (χ0) is 28.7. The van der Waals surface area contributed by atoms with E-state index in [4.69, 9.17) is 0 Å². The molecule has 0 bridgehead atoms. The van der Waals surface area contributed by atoms with Crippen molar-refractivity contribution in [2.75, 3.05) is 0 Å². The van der Waals surface area contributed by atoms with Crippen molar-refractivity contribution in [2.45, 2.75) is 0 Å². The standard InChI is InChI=1S/C38H20N4S/c39-21-23-19-24(22-40)37(42-30-13-5-1-9-25(30)26-10-2-6-14-31(26)42)34(20-23)41-32-15-7-3-12-29(32)36-33(41)18-17-28-27-11-4-8-16-35(27)43-38(28)36/h1-20H. The summed E-state index contributed by atoms with van der Waals surface area (Å²) < 4.78 is 6.93. The zero-order valence-corrected chi connectivity index (χ0v) is 23.6. The van der Waals surface area contributed by atoms with Gasteiger partial charge in [0.15, 0.2) is 0 Å². The minimum absolute atomic E-state index is 0.449. The molecule has 0 fully saturated rings. The van der Waals surface area contributed by atoms with Crippen molar-refractivity contribution in [1.82, 2.24) is 9.13 Å². The van der Waals surface area contributed by atoms with E-state index in [1.165, 1.54) is 25.6 Å². The van der Waals surface area contributed by atoms with Crippen LogP contribution in [0.4, 0.5) is 0 Å². The molecule has 0 saturated carbocycles.